The first-order chi connectivity index (χ1) is 16.5. The van der Waals surface area contributed by atoms with Gasteiger partial charge in [0.15, 0.2) is 5.13 Å². The molecule has 1 aliphatic heterocycles. The number of amides is 3. The van der Waals surface area contributed by atoms with Crippen LogP contribution in [0.3, 0.4) is 0 Å². The van der Waals surface area contributed by atoms with E-state index in [1.54, 1.807) is 13.8 Å². The number of nitrogens with zero attached hydrogens (tertiary/aromatic N) is 2. The number of likely N-dealkylation sites (tertiary alicyclic amines) is 1. The highest BCUT2D eigenvalue weighted by atomic mass is 32.1. The fourth-order valence-corrected chi connectivity index (χ4v) is 6.17. The molecule has 4 rings (SSSR count). The maximum atomic E-state index is 13.8. The zero-order valence-corrected chi connectivity index (χ0v) is 21.5. The number of rotatable bonds is 7. The van der Waals surface area contributed by atoms with E-state index in [4.69, 9.17) is 4.74 Å². The number of anilines is 1. The smallest absolute Gasteiger partial charge is 0.350 e. The normalized spacial score (nSPS) is 23.8. The van der Waals surface area contributed by atoms with Gasteiger partial charge in [-0.05, 0) is 37.7 Å². The number of carbonyl (C=O) groups is 4. The average molecular weight is 498 g/mol. The van der Waals surface area contributed by atoms with E-state index in [-0.39, 0.29) is 35.9 Å². The number of aryl methyl sites for hydroxylation is 1. The molecule has 186 valence electrons. The molecule has 35 heavy (non-hydrogen) atoms. The van der Waals surface area contributed by atoms with Gasteiger partial charge in [-0.3, -0.25) is 19.3 Å². The number of esters is 1. The van der Waals surface area contributed by atoms with Crippen LogP contribution in [0.25, 0.3) is 0 Å². The standard InChI is InChI=1S/C26H31N3O5S/c1-6-34-22(32)19-15(2)27-24(35-19)28-20(30)18(14-16-10-8-7-9-11-16)29-21(31)17-12-13-26(5,23(29)33)25(17,3)4/h7-11,17-18H,6,12-14H2,1-5H3,(H,27,28,30). The van der Waals surface area contributed by atoms with Crippen molar-refractivity contribution in [2.75, 3.05) is 11.9 Å². The van der Waals surface area contributed by atoms with Crippen molar-refractivity contribution in [3.8, 4) is 0 Å². The number of piperidine rings is 1. The zero-order valence-electron chi connectivity index (χ0n) is 20.7. The van der Waals surface area contributed by atoms with Gasteiger partial charge >= 0.3 is 5.97 Å². The van der Waals surface area contributed by atoms with E-state index < -0.39 is 28.7 Å². The molecule has 2 fully saturated rings. The van der Waals surface area contributed by atoms with Crippen molar-refractivity contribution in [3.63, 3.8) is 0 Å². The summed E-state index contributed by atoms with van der Waals surface area (Å²) in [6.45, 7) is 9.46. The summed E-state index contributed by atoms with van der Waals surface area (Å²) >= 11 is 1.01. The lowest BCUT2D eigenvalue weighted by molar-refractivity contribution is -0.172. The summed E-state index contributed by atoms with van der Waals surface area (Å²) in [4.78, 5) is 59.0. The molecule has 2 aliphatic rings. The number of hydrogen-bond acceptors (Lipinski definition) is 7. The van der Waals surface area contributed by atoms with Crippen LogP contribution >= 0.6 is 11.3 Å². The molecule has 1 aromatic carbocycles. The molecule has 9 heteroatoms. The minimum atomic E-state index is -1.04. The van der Waals surface area contributed by atoms with Crippen molar-refractivity contribution in [3.05, 3.63) is 46.5 Å². The molecule has 1 aromatic heterocycles. The van der Waals surface area contributed by atoms with Gasteiger partial charge in [0.2, 0.25) is 17.7 Å². The third-order valence-electron chi connectivity index (χ3n) is 7.83. The van der Waals surface area contributed by atoms with Gasteiger partial charge in [-0.25, -0.2) is 9.78 Å². The fraction of sp³-hybridized carbons (Fsp3) is 0.500. The van der Waals surface area contributed by atoms with Crippen LogP contribution in [0.4, 0.5) is 5.13 Å². The molecule has 2 bridgehead atoms. The first kappa shape index (κ1) is 25.0. The van der Waals surface area contributed by atoms with Crippen molar-refractivity contribution < 1.29 is 23.9 Å². The monoisotopic (exact) mass is 497 g/mol. The molecule has 1 aliphatic carbocycles. The van der Waals surface area contributed by atoms with Gasteiger partial charge in [0.1, 0.15) is 10.9 Å². The quantitative estimate of drug-likeness (QED) is 0.458. The molecule has 3 atom stereocenters. The highest BCUT2D eigenvalue weighted by Gasteiger charge is 2.65. The Bertz CT molecular complexity index is 1170. The Balaban J connectivity index is 1.67. The van der Waals surface area contributed by atoms with Crippen molar-refractivity contribution in [1.29, 1.82) is 0 Å². The third-order valence-corrected chi connectivity index (χ3v) is 8.88. The number of aromatic nitrogens is 1. The lowest BCUT2D eigenvalue weighted by atomic mass is 9.62. The number of carbonyl (C=O) groups excluding carboxylic acids is 4. The topological polar surface area (TPSA) is 106 Å². The number of thiazole rings is 1. The molecule has 3 unspecified atom stereocenters. The molecular weight excluding hydrogens is 466 g/mol. The number of nitrogens with one attached hydrogen (secondary N) is 1. The van der Waals surface area contributed by atoms with E-state index in [9.17, 15) is 19.2 Å². The molecule has 2 heterocycles. The number of imide groups is 1. The Morgan fingerprint density at radius 1 is 1.23 bits per heavy atom. The van der Waals surface area contributed by atoms with Gasteiger partial charge in [0.05, 0.1) is 17.7 Å². The summed E-state index contributed by atoms with van der Waals surface area (Å²) in [7, 11) is 0. The minimum Gasteiger partial charge on any atom is -0.462 e. The first-order valence-corrected chi connectivity index (χ1v) is 12.7. The van der Waals surface area contributed by atoms with Crippen LogP contribution in [0.2, 0.25) is 0 Å². The second-order valence-corrected chi connectivity index (χ2v) is 11.0. The number of ether oxygens (including phenoxy) is 1. The molecule has 1 saturated carbocycles. The number of benzene rings is 1. The summed E-state index contributed by atoms with van der Waals surface area (Å²) in [6, 6.07) is 8.28. The van der Waals surface area contributed by atoms with Crippen LogP contribution < -0.4 is 5.32 Å². The molecular formula is C26H31N3O5S. The SMILES string of the molecule is CCOC(=O)c1sc(NC(=O)C(Cc2ccccc2)N2C(=O)C3CCC(C)(C2=O)C3(C)C)nc1C. The third kappa shape index (κ3) is 4.16. The summed E-state index contributed by atoms with van der Waals surface area (Å²) in [5.41, 5.74) is 0.0705. The van der Waals surface area contributed by atoms with E-state index in [1.807, 2.05) is 51.1 Å². The van der Waals surface area contributed by atoms with Gasteiger partial charge in [-0.1, -0.05) is 62.4 Å². The predicted octanol–water partition coefficient (Wildman–Crippen LogP) is 3.99. The number of fused-ring (bicyclic) bond motifs is 2. The van der Waals surface area contributed by atoms with Gasteiger partial charge in [-0.2, -0.15) is 0 Å². The van der Waals surface area contributed by atoms with Gasteiger partial charge in [0, 0.05) is 12.3 Å². The average Bonchev–Trinajstić information content (AvgIpc) is 3.26. The molecule has 0 spiro atoms. The van der Waals surface area contributed by atoms with E-state index in [0.29, 0.717) is 23.4 Å². The Morgan fingerprint density at radius 2 is 1.91 bits per heavy atom. The summed E-state index contributed by atoms with van der Waals surface area (Å²) < 4.78 is 5.06. The molecule has 3 amide bonds. The lowest BCUT2D eigenvalue weighted by Crippen LogP contribution is -2.64. The Morgan fingerprint density at radius 3 is 2.57 bits per heavy atom. The highest BCUT2D eigenvalue weighted by Crippen LogP contribution is 2.60. The fourth-order valence-electron chi connectivity index (χ4n) is 5.31. The predicted molar refractivity (Wildman–Crippen MR) is 132 cm³/mol. The van der Waals surface area contributed by atoms with Crippen LogP contribution in [0.15, 0.2) is 30.3 Å². The van der Waals surface area contributed by atoms with Crippen molar-refractivity contribution >= 4 is 40.2 Å². The number of hydrogen-bond donors (Lipinski definition) is 1. The Labute approximate surface area is 209 Å². The van der Waals surface area contributed by atoms with Gasteiger partial charge in [-0.15, -0.1) is 0 Å². The van der Waals surface area contributed by atoms with Crippen molar-refractivity contribution in [2.45, 2.75) is 59.9 Å². The molecule has 1 saturated heterocycles. The Kier molecular flexibility index (Phi) is 6.57. The largest absolute Gasteiger partial charge is 0.462 e. The van der Waals surface area contributed by atoms with Crippen LogP contribution in [0, 0.1) is 23.7 Å². The van der Waals surface area contributed by atoms with E-state index in [2.05, 4.69) is 10.3 Å². The van der Waals surface area contributed by atoms with Crippen LogP contribution in [-0.2, 0) is 25.5 Å². The highest BCUT2D eigenvalue weighted by molar-refractivity contribution is 7.17. The minimum absolute atomic E-state index is 0.183. The molecule has 8 nitrogen and oxygen atoms in total. The van der Waals surface area contributed by atoms with Gasteiger partial charge < -0.3 is 10.1 Å². The van der Waals surface area contributed by atoms with Gasteiger partial charge in [0.25, 0.3) is 0 Å². The summed E-state index contributed by atoms with van der Waals surface area (Å²) in [6.07, 6.45) is 1.42. The van der Waals surface area contributed by atoms with Crippen LogP contribution in [0.5, 0.6) is 0 Å². The van der Waals surface area contributed by atoms with Crippen molar-refractivity contribution in [1.82, 2.24) is 9.88 Å². The maximum Gasteiger partial charge on any atom is 0.350 e. The maximum absolute atomic E-state index is 13.8. The van der Waals surface area contributed by atoms with E-state index >= 15 is 0 Å². The van der Waals surface area contributed by atoms with Crippen LogP contribution in [0.1, 0.15) is 61.5 Å². The van der Waals surface area contributed by atoms with Crippen molar-refractivity contribution in [2.24, 2.45) is 16.7 Å². The molecule has 2 aromatic rings. The molecule has 0 radical (unpaired) electrons. The molecule has 1 N–H and O–H groups in total. The summed E-state index contributed by atoms with van der Waals surface area (Å²) in [5.74, 6) is -1.94. The summed E-state index contributed by atoms with van der Waals surface area (Å²) in [5, 5.41) is 2.98. The van der Waals surface area contributed by atoms with Crippen LogP contribution in [-0.4, -0.2) is 46.2 Å². The van der Waals surface area contributed by atoms with E-state index in [0.717, 1.165) is 16.9 Å². The Hall–Kier alpha value is -3.07. The van der Waals surface area contributed by atoms with E-state index in [1.165, 1.54) is 4.90 Å². The first-order valence-electron chi connectivity index (χ1n) is 11.9. The zero-order chi connectivity index (χ0) is 25.5. The lowest BCUT2D eigenvalue weighted by Gasteiger charge is -2.49. The second kappa shape index (κ2) is 9.18. The second-order valence-electron chi connectivity index (χ2n) is 10.0.